The highest BCUT2D eigenvalue weighted by atomic mass is 32.2. The van der Waals surface area contributed by atoms with E-state index >= 15 is 0 Å². The second-order valence-electron chi connectivity index (χ2n) is 5.33. The molecule has 1 fully saturated rings. The summed E-state index contributed by atoms with van der Waals surface area (Å²) in [5.41, 5.74) is 0.748. The zero-order valence-electron chi connectivity index (χ0n) is 12.8. The van der Waals surface area contributed by atoms with Crippen LogP contribution in [0.5, 0.6) is 5.75 Å². The zero-order chi connectivity index (χ0) is 16.3. The van der Waals surface area contributed by atoms with Gasteiger partial charge in [0.05, 0.1) is 12.4 Å². The van der Waals surface area contributed by atoms with E-state index in [0.29, 0.717) is 5.75 Å². The summed E-state index contributed by atoms with van der Waals surface area (Å²) in [6.07, 6.45) is 5.70. The fourth-order valence-corrected chi connectivity index (χ4v) is 3.57. The highest BCUT2D eigenvalue weighted by molar-refractivity contribution is 7.89. The van der Waals surface area contributed by atoms with E-state index in [1.807, 2.05) is 0 Å². The van der Waals surface area contributed by atoms with Crippen LogP contribution in [0, 0.1) is 0 Å². The summed E-state index contributed by atoms with van der Waals surface area (Å²) in [7, 11) is -2.04. The number of pyridine rings is 1. The van der Waals surface area contributed by atoms with Gasteiger partial charge in [-0.25, -0.2) is 13.1 Å². The van der Waals surface area contributed by atoms with Crippen molar-refractivity contribution in [1.82, 2.24) is 24.8 Å². The van der Waals surface area contributed by atoms with Gasteiger partial charge in [0.25, 0.3) is 10.0 Å². The third kappa shape index (κ3) is 3.69. The third-order valence-corrected chi connectivity index (χ3v) is 5.16. The first-order valence-electron chi connectivity index (χ1n) is 7.34. The molecule has 3 heterocycles. The van der Waals surface area contributed by atoms with Crippen molar-refractivity contribution < 1.29 is 13.2 Å². The van der Waals surface area contributed by atoms with Gasteiger partial charge in [-0.1, -0.05) is 0 Å². The van der Waals surface area contributed by atoms with E-state index in [2.05, 4.69) is 20.1 Å². The zero-order valence-corrected chi connectivity index (χ0v) is 13.6. The molecular formula is C14H19N5O3S. The molecule has 1 aliphatic rings. The average Bonchev–Trinajstić information content (AvgIpc) is 3.18. The Labute approximate surface area is 134 Å². The minimum absolute atomic E-state index is 0.0895. The molecule has 0 aromatic carbocycles. The molecule has 0 radical (unpaired) electrons. The van der Waals surface area contributed by atoms with Crippen molar-refractivity contribution in [3.63, 3.8) is 0 Å². The molecule has 2 aromatic heterocycles. The van der Waals surface area contributed by atoms with Crippen molar-refractivity contribution in [3.05, 3.63) is 36.3 Å². The first kappa shape index (κ1) is 15.9. The number of aromatic nitrogens is 3. The minimum Gasteiger partial charge on any atom is -0.487 e. The molecule has 124 valence electrons. The van der Waals surface area contributed by atoms with Crippen LogP contribution in [0.3, 0.4) is 0 Å². The smallest absolute Gasteiger partial charge is 0.258 e. The van der Waals surface area contributed by atoms with Crippen molar-refractivity contribution in [1.29, 1.82) is 0 Å². The molecule has 2 aromatic rings. The van der Waals surface area contributed by atoms with Gasteiger partial charge in [0.1, 0.15) is 11.9 Å². The summed E-state index contributed by atoms with van der Waals surface area (Å²) in [6.45, 7) is 1.84. The van der Waals surface area contributed by atoms with Crippen LogP contribution in [0.2, 0.25) is 0 Å². The van der Waals surface area contributed by atoms with E-state index in [4.69, 9.17) is 4.74 Å². The number of sulfonamides is 1. The summed E-state index contributed by atoms with van der Waals surface area (Å²) in [4.78, 5) is 4.06. The van der Waals surface area contributed by atoms with E-state index in [1.54, 1.807) is 25.5 Å². The van der Waals surface area contributed by atoms with Crippen LogP contribution < -0.4 is 14.8 Å². The summed E-state index contributed by atoms with van der Waals surface area (Å²) >= 11 is 0. The molecule has 0 bridgehead atoms. The molecular weight excluding hydrogens is 318 g/mol. The lowest BCUT2D eigenvalue weighted by molar-refractivity contribution is 0.220. The van der Waals surface area contributed by atoms with Crippen LogP contribution in [-0.2, 0) is 23.6 Å². The summed E-state index contributed by atoms with van der Waals surface area (Å²) < 4.78 is 34.4. The Kier molecular flexibility index (Phi) is 4.60. The molecule has 0 spiro atoms. The van der Waals surface area contributed by atoms with E-state index < -0.39 is 10.0 Å². The number of hydrogen-bond acceptors (Lipinski definition) is 6. The van der Waals surface area contributed by atoms with Crippen molar-refractivity contribution in [2.24, 2.45) is 7.05 Å². The van der Waals surface area contributed by atoms with Gasteiger partial charge in [-0.2, -0.15) is 5.10 Å². The highest BCUT2D eigenvalue weighted by Crippen LogP contribution is 2.20. The van der Waals surface area contributed by atoms with Gasteiger partial charge in [-0.3, -0.25) is 9.67 Å². The predicted molar refractivity (Wildman–Crippen MR) is 83.4 cm³/mol. The molecule has 1 saturated heterocycles. The maximum absolute atomic E-state index is 12.3. The average molecular weight is 337 g/mol. The van der Waals surface area contributed by atoms with Crippen molar-refractivity contribution in [2.45, 2.75) is 24.1 Å². The van der Waals surface area contributed by atoms with Gasteiger partial charge >= 0.3 is 0 Å². The first-order valence-corrected chi connectivity index (χ1v) is 8.82. The van der Waals surface area contributed by atoms with Gasteiger partial charge < -0.3 is 10.1 Å². The van der Waals surface area contributed by atoms with Crippen LogP contribution in [0.25, 0.3) is 0 Å². The van der Waals surface area contributed by atoms with E-state index in [9.17, 15) is 8.42 Å². The Morgan fingerprint density at radius 3 is 3.00 bits per heavy atom. The standard InChI is InChI=1S/C14H19N5O3S/c1-19-14(4-7-17-19)23(20,21)18-8-11-2-5-16-10-13(11)22-12-3-6-15-9-12/h2,4-5,7,10,12,15,18H,3,6,8-9H2,1H3/t12-/m0/s1. The van der Waals surface area contributed by atoms with Gasteiger partial charge in [0.15, 0.2) is 5.03 Å². The Bertz CT molecular complexity index is 768. The predicted octanol–water partition coefficient (Wildman–Crippen LogP) is 0.0343. The molecule has 3 rings (SSSR count). The highest BCUT2D eigenvalue weighted by Gasteiger charge is 2.20. The molecule has 0 saturated carbocycles. The fraction of sp³-hybridized carbons (Fsp3) is 0.429. The van der Waals surface area contributed by atoms with Gasteiger partial charge in [-0.05, 0) is 25.1 Å². The Hall–Kier alpha value is -1.97. The molecule has 2 N–H and O–H groups in total. The SMILES string of the molecule is Cn1nccc1S(=O)(=O)NCc1ccncc1O[C@H]1CCNC1. The molecule has 0 aliphatic carbocycles. The van der Waals surface area contributed by atoms with Crippen molar-refractivity contribution >= 4 is 10.0 Å². The fourth-order valence-electron chi connectivity index (χ4n) is 2.44. The molecule has 8 nitrogen and oxygen atoms in total. The minimum atomic E-state index is -3.63. The number of nitrogens with one attached hydrogen (secondary N) is 2. The van der Waals surface area contributed by atoms with Gasteiger partial charge in [0, 0.05) is 31.9 Å². The maximum atomic E-state index is 12.3. The van der Waals surface area contributed by atoms with Crippen LogP contribution in [0.15, 0.2) is 35.7 Å². The second kappa shape index (κ2) is 6.65. The number of ether oxygens (including phenoxy) is 1. The molecule has 0 unspecified atom stereocenters. The molecule has 1 atom stereocenters. The molecule has 23 heavy (non-hydrogen) atoms. The topological polar surface area (TPSA) is 98.1 Å². The Morgan fingerprint density at radius 1 is 1.43 bits per heavy atom. The largest absolute Gasteiger partial charge is 0.487 e. The lowest BCUT2D eigenvalue weighted by Crippen LogP contribution is -2.26. The number of aryl methyl sites for hydroxylation is 1. The van der Waals surface area contributed by atoms with Crippen molar-refractivity contribution in [3.8, 4) is 5.75 Å². The second-order valence-corrected chi connectivity index (χ2v) is 7.05. The van der Waals surface area contributed by atoms with E-state index in [0.717, 1.165) is 25.1 Å². The van der Waals surface area contributed by atoms with Gasteiger partial charge in [0.2, 0.25) is 0 Å². The number of nitrogens with zero attached hydrogens (tertiary/aromatic N) is 3. The first-order chi connectivity index (χ1) is 11.1. The molecule has 1 aliphatic heterocycles. The van der Waals surface area contributed by atoms with Crippen LogP contribution >= 0.6 is 0 Å². The third-order valence-electron chi connectivity index (χ3n) is 3.68. The van der Waals surface area contributed by atoms with E-state index in [-0.39, 0.29) is 17.7 Å². The normalized spacial score (nSPS) is 18.2. The Balaban J connectivity index is 1.72. The van der Waals surface area contributed by atoms with Crippen LogP contribution in [0.4, 0.5) is 0 Å². The number of rotatable bonds is 6. The number of hydrogen-bond donors (Lipinski definition) is 2. The van der Waals surface area contributed by atoms with Crippen LogP contribution in [-0.4, -0.2) is 42.4 Å². The summed E-state index contributed by atoms with van der Waals surface area (Å²) in [5, 5.41) is 7.23. The van der Waals surface area contributed by atoms with E-state index in [1.165, 1.54) is 16.9 Å². The monoisotopic (exact) mass is 337 g/mol. The summed E-state index contributed by atoms with van der Waals surface area (Å²) in [6, 6.07) is 3.21. The Morgan fingerprint density at radius 2 is 2.30 bits per heavy atom. The summed E-state index contributed by atoms with van der Waals surface area (Å²) in [5.74, 6) is 0.605. The van der Waals surface area contributed by atoms with Gasteiger partial charge in [-0.15, -0.1) is 0 Å². The molecule has 0 amide bonds. The maximum Gasteiger partial charge on any atom is 0.258 e. The molecule has 9 heteroatoms. The lowest BCUT2D eigenvalue weighted by atomic mass is 10.2. The van der Waals surface area contributed by atoms with Crippen LogP contribution in [0.1, 0.15) is 12.0 Å². The lowest BCUT2D eigenvalue weighted by Gasteiger charge is -2.16. The quantitative estimate of drug-likeness (QED) is 0.772. The van der Waals surface area contributed by atoms with Crippen molar-refractivity contribution in [2.75, 3.05) is 13.1 Å².